The first-order valence-electron chi connectivity index (χ1n) is 21.7. The first kappa shape index (κ1) is 54.8. The maximum absolute atomic E-state index is 13.5. The summed E-state index contributed by atoms with van der Waals surface area (Å²) in [6.07, 6.45) is -16.8. The highest BCUT2D eigenvalue weighted by Crippen LogP contribution is 2.37. The summed E-state index contributed by atoms with van der Waals surface area (Å²) in [6.45, 7) is 23.7. The lowest BCUT2D eigenvalue weighted by Gasteiger charge is -2.48. The van der Waals surface area contributed by atoms with Crippen LogP contribution in [0.25, 0.3) is 0 Å². The molecule has 0 saturated carbocycles. The van der Waals surface area contributed by atoms with E-state index in [1.54, 1.807) is 83.1 Å². The molecule has 2 aliphatic heterocycles. The molecule has 0 radical (unpaired) electrons. The third-order valence-electron chi connectivity index (χ3n) is 9.52. The first-order valence-corrected chi connectivity index (χ1v) is 21.7. The fourth-order valence-corrected chi connectivity index (χ4v) is 5.46. The number of ether oxygens (including phenoxy) is 11. The molecule has 0 N–H and O–H groups in total. The van der Waals surface area contributed by atoms with E-state index in [0.29, 0.717) is 0 Å². The van der Waals surface area contributed by atoms with Crippen molar-refractivity contribution in [1.82, 2.24) is 0 Å². The van der Waals surface area contributed by atoms with Crippen molar-refractivity contribution < 1.29 is 90.5 Å². The quantitative estimate of drug-likeness (QED) is 0.123. The minimum absolute atomic E-state index is 0.597. The van der Waals surface area contributed by atoms with Crippen molar-refractivity contribution in [3.05, 3.63) is 0 Å². The van der Waals surface area contributed by atoms with Crippen molar-refractivity contribution in [2.24, 2.45) is 47.3 Å². The van der Waals surface area contributed by atoms with Gasteiger partial charge in [0.1, 0.15) is 25.4 Å². The first-order chi connectivity index (χ1) is 29.2. The summed E-state index contributed by atoms with van der Waals surface area (Å²) in [6, 6.07) is 0. The van der Waals surface area contributed by atoms with Gasteiger partial charge in [0.05, 0.1) is 47.3 Å². The van der Waals surface area contributed by atoms with Gasteiger partial charge in [0, 0.05) is 0 Å². The average molecular weight is 903 g/mol. The van der Waals surface area contributed by atoms with E-state index in [-0.39, 0.29) is 0 Å². The standard InChI is InChI=1S/C44H70O19/c1-19(2)35(45)53-17-27-29(57-37(47)21(5)6)31(59-39(49)23(9)10)33(61-41(51)25(13)14)43(55-27)63-44-34(62-42(52)26(15)16)32(60-40(50)24(11)12)30(58-38(48)22(7)8)28(56-44)18-54-36(46)20(3)4/h19-34,43-44H,17-18H2,1-16H3/t27-,28?,29+,30-,31?,32+,33?,34?,43+,44-/m1/s1. The van der Waals surface area contributed by atoms with Gasteiger partial charge in [0.2, 0.25) is 12.6 Å². The molecule has 19 heteroatoms. The summed E-state index contributed by atoms with van der Waals surface area (Å²) in [4.78, 5) is 106. The van der Waals surface area contributed by atoms with Gasteiger partial charge >= 0.3 is 47.8 Å². The fraction of sp³-hybridized carbons (Fsp3) is 0.818. The van der Waals surface area contributed by atoms with E-state index in [2.05, 4.69) is 0 Å². The summed E-state index contributed by atoms with van der Waals surface area (Å²) in [5.41, 5.74) is 0. The summed E-state index contributed by atoms with van der Waals surface area (Å²) >= 11 is 0. The van der Waals surface area contributed by atoms with Crippen LogP contribution in [-0.4, -0.2) is 122 Å². The third-order valence-corrected chi connectivity index (χ3v) is 9.52. The van der Waals surface area contributed by atoms with Crippen molar-refractivity contribution in [3.8, 4) is 0 Å². The average Bonchev–Trinajstić information content (AvgIpc) is 3.19. The normalized spacial score (nSPS) is 26.2. The Morgan fingerprint density at radius 1 is 0.317 bits per heavy atom. The summed E-state index contributed by atoms with van der Waals surface area (Å²) in [5, 5.41) is 0. The third kappa shape index (κ3) is 16.0. The second kappa shape index (κ2) is 24.6. The van der Waals surface area contributed by atoms with Crippen molar-refractivity contribution in [1.29, 1.82) is 0 Å². The Morgan fingerprint density at radius 3 is 0.746 bits per heavy atom. The van der Waals surface area contributed by atoms with Gasteiger partial charge in [-0.3, -0.25) is 38.4 Å². The minimum Gasteiger partial charge on any atom is -0.463 e. The highest BCUT2D eigenvalue weighted by molar-refractivity contribution is 5.75. The Bertz CT molecular complexity index is 1470. The molecule has 0 aromatic heterocycles. The van der Waals surface area contributed by atoms with Crippen LogP contribution in [0.5, 0.6) is 0 Å². The lowest BCUT2D eigenvalue weighted by molar-refractivity contribution is -0.378. The Labute approximate surface area is 370 Å². The molecule has 2 heterocycles. The van der Waals surface area contributed by atoms with Gasteiger partial charge in [-0.25, -0.2) is 0 Å². The zero-order valence-corrected chi connectivity index (χ0v) is 39.6. The Balaban J connectivity index is 3.00. The zero-order valence-electron chi connectivity index (χ0n) is 39.6. The van der Waals surface area contributed by atoms with E-state index in [1.807, 2.05) is 0 Å². The predicted octanol–water partition coefficient (Wildman–Crippen LogP) is 4.26. The number of carbonyl (C=O) groups excluding carboxylic acids is 8. The maximum atomic E-state index is 13.5. The molecule has 0 aromatic rings. The second-order valence-corrected chi connectivity index (χ2v) is 18.1. The van der Waals surface area contributed by atoms with Crippen LogP contribution in [-0.2, 0) is 90.5 Å². The molecular formula is C44H70O19. The highest BCUT2D eigenvalue weighted by Gasteiger charge is 2.59. The fourth-order valence-electron chi connectivity index (χ4n) is 5.46. The van der Waals surface area contributed by atoms with Crippen LogP contribution in [0.4, 0.5) is 0 Å². The number of hydrogen-bond donors (Lipinski definition) is 0. The van der Waals surface area contributed by atoms with Gasteiger partial charge in [-0.1, -0.05) is 111 Å². The van der Waals surface area contributed by atoms with Crippen LogP contribution in [0, 0.1) is 47.3 Å². The predicted molar refractivity (Wildman–Crippen MR) is 218 cm³/mol. The molecule has 2 saturated heterocycles. The lowest BCUT2D eigenvalue weighted by atomic mass is 9.96. The molecular weight excluding hydrogens is 832 g/mol. The van der Waals surface area contributed by atoms with Gasteiger partial charge in [-0.05, 0) is 0 Å². The number of carbonyl (C=O) groups is 8. The van der Waals surface area contributed by atoms with E-state index < -0.39 is 170 Å². The molecule has 4 unspecified atom stereocenters. The van der Waals surface area contributed by atoms with Crippen LogP contribution in [0.15, 0.2) is 0 Å². The topological polar surface area (TPSA) is 238 Å². The molecule has 2 rings (SSSR count). The van der Waals surface area contributed by atoms with Crippen LogP contribution >= 0.6 is 0 Å². The largest absolute Gasteiger partial charge is 0.463 e. The molecule has 0 amide bonds. The van der Waals surface area contributed by atoms with Crippen LogP contribution in [0.1, 0.15) is 111 Å². The van der Waals surface area contributed by atoms with Crippen LogP contribution in [0.3, 0.4) is 0 Å². The second-order valence-electron chi connectivity index (χ2n) is 18.1. The summed E-state index contributed by atoms with van der Waals surface area (Å²) in [7, 11) is 0. The van der Waals surface area contributed by atoms with Gasteiger partial charge in [0.15, 0.2) is 36.6 Å². The minimum atomic E-state index is -1.89. The monoisotopic (exact) mass is 902 g/mol. The lowest BCUT2D eigenvalue weighted by Crippen LogP contribution is -2.67. The Morgan fingerprint density at radius 2 is 0.524 bits per heavy atom. The molecule has 2 fully saturated rings. The number of hydrogen-bond acceptors (Lipinski definition) is 19. The van der Waals surface area contributed by atoms with Gasteiger partial charge < -0.3 is 52.1 Å². The number of esters is 8. The Kier molecular flexibility index (Phi) is 21.4. The highest BCUT2D eigenvalue weighted by atomic mass is 16.8. The van der Waals surface area contributed by atoms with Crippen LogP contribution in [0.2, 0.25) is 0 Å². The van der Waals surface area contributed by atoms with E-state index in [1.165, 1.54) is 27.7 Å². The van der Waals surface area contributed by atoms with Crippen molar-refractivity contribution in [2.75, 3.05) is 13.2 Å². The van der Waals surface area contributed by atoms with Crippen molar-refractivity contribution in [2.45, 2.75) is 172 Å². The number of rotatable bonds is 20. The molecule has 10 atom stereocenters. The van der Waals surface area contributed by atoms with Crippen molar-refractivity contribution in [3.63, 3.8) is 0 Å². The molecule has 360 valence electrons. The molecule has 2 aliphatic rings. The van der Waals surface area contributed by atoms with E-state index >= 15 is 0 Å². The Hall–Kier alpha value is -4.36. The van der Waals surface area contributed by atoms with E-state index in [4.69, 9.17) is 52.1 Å². The smallest absolute Gasteiger partial charge is 0.308 e. The molecule has 19 nitrogen and oxygen atoms in total. The molecule has 63 heavy (non-hydrogen) atoms. The molecule has 0 aromatic carbocycles. The van der Waals surface area contributed by atoms with E-state index in [9.17, 15) is 38.4 Å². The van der Waals surface area contributed by atoms with Crippen molar-refractivity contribution >= 4 is 47.8 Å². The summed E-state index contributed by atoms with van der Waals surface area (Å²) < 4.78 is 65.9. The molecule has 0 bridgehead atoms. The SMILES string of the molecule is CC(C)C(=O)OCC1O[C@H](O[C@@H]2O[C@H](COC(=O)C(C)C)[C@H](OC(=O)C(C)C)C(OC(=O)C(C)C)C2OC(=O)C(C)C)C(OC(=O)C(C)C)[C@@H](OC(=O)C(C)C)[C@@H]1OC(=O)C(C)C. The van der Waals surface area contributed by atoms with Crippen LogP contribution < -0.4 is 0 Å². The maximum Gasteiger partial charge on any atom is 0.308 e. The van der Waals surface area contributed by atoms with Gasteiger partial charge in [-0.2, -0.15) is 0 Å². The molecule has 0 spiro atoms. The van der Waals surface area contributed by atoms with Gasteiger partial charge in [-0.15, -0.1) is 0 Å². The molecule has 0 aliphatic carbocycles. The van der Waals surface area contributed by atoms with E-state index in [0.717, 1.165) is 0 Å². The zero-order chi connectivity index (χ0) is 48.2. The van der Waals surface area contributed by atoms with Gasteiger partial charge in [0.25, 0.3) is 0 Å². The summed E-state index contributed by atoms with van der Waals surface area (Å²) in [5.74, 6) is -11.9.